The van der Waals surface area contributed by atoms with Gasteiger partial charge in [0.25, 0.3) is 0 Å². The lowest BCUT2D eigenvalue weighted by Gasteiger charge is -2.50. The molecule has 20 N–H and O–H groups in total. The molecule has 35 nitrogen and oxygen atoms in total. The molecule has 0 spiro atoms. The fourth-order valence-corrected chi connectivity index (χ4v) is 11.0. The summed E-state index contributed by atoms with van der Waals surface area (Å²) in [5, 5.41) is 222. The van der Waals surface area contributed by atoms with Crippen LogP contribution < -0.4 is 0 Å². The molecule has 0 saturated carbocycles. The van der Waals surface area contributed by atoms with Crippen LogP contribution >= 0.6 is 0 Å². The Kier molecular flexibility index (Phi) is 23.5. The summed E-state index contributed by atoms with van der Waals surface area (Å²) in [6.45, 7) is -3.69. The SMILES string of the molecule is C=CCCCO[C@H]1[C@H]2O[C@H]3[C@@H](O)[C@H](O)[C@@H](O[C@H]4[C@@H](O)[C@H](O)[C@@H](O[C@H]5[C@@H](O)[C@H](O)[C@@H](O[C@H]6[C@H](O)[C@@H](O)[C@@H](O[C@H]7[C@H](O)[C@@H](O)[C@@H](O[C@H]8[C@H](O)[C@@H](O)[C@@H](O[C@@H]([C@@H]1O)[C@@H](CO)O2)O[C@@H]8CO)O[C@@H]7CO)O[C@@H]6CO)O[C@@H]5CO)O[C@@H]4CO)O[C@@H]3CO. The van der Waals surface area contributed by atoms with Crippen molar-refractivity contribution in [3.05, 3.63) is 12.7 Å². The van der Waals surface area contributed by atoms with Gasteiger partial charge in [0.15, 0.2) is 44.0 Å². The molecule has 15 rings (SSSR count). The van der Waals surface area contributed by atoms with Crippen LogP contribution in [0.15, 0.2) is 12.7 Å². The lowest BCUT2D eigenvalue weighted by Crippen LogP contribution is -2.68. The van der Waals surface area contributed by atoms with E-state index in [1.165, 1.54) is 0 Å². The quantitative estimate of drug-likeness (QED) is 0.0637. The van der Waals surface area contributed by atoms with Gasteiger partial charge in [0.2, 0.25) is 0 Å². The van der Waals surface area contributed by atoms with E-state index in [-0.39, 0.29) is 6.61 Å². The van der Waals surface area contributed by atoms with E-state index in [2.05, 4.69) is 6.58 Å². The van der Waals surface area contributed by atoms with Crippen molar-refractivity contribution in [2.45, 2.75) is 228 Å². The average Bonchev–Trinajstić information content (AvgIpc) is 3.20. The van der Waals surface area contributed by atoms with E-state index in [4.69, 9.17) is 71.1 Å². The molecule has 35 heteroatoms. The van der Waals surface area contributed by atoms with Gasteiger partial charge in [-0.15, -0.1) is 6.58 Å². The van der Waals surface area contributed by atoms with Gasteiger partial charge >= 0.3 is 0 Å². The zero-order valence-corrected chi connectivity index (χ0v) is 43.6. The number of aliphatic hydroxyl groups excluding tert-OH is 20. The van der Waals surface area contributed by atoms with Crippen LogP contribution in [0.2, 0.25) is 0 Å². The van der Waals surface area contributed by atoms with Gasteiger partial charge in [-0.3, -0.25) is 0 Å². The highest BCUT2D eigenvalue weighted by atomic mass is 16.8. The number of unbranched alkanes of at least 4 members (excludes halogenated alkanes) is 1. The summed E-state index contributed by atoms with van der Waals surface area (Å²) in [7, 11) is 0. The first-order valence-corrected chi connectivity index (χ1v) is 26.7. The third-order valence-corrected chi connectivity index (χ3v) is 15.6. The van der Waals surface area contributed by atoms with Crippen molar-refractivity contribution >= 4 is 0 Å². The third-order valence-electron chi connectivity index (χ3n) is 15.6. The predicted octanol–water partition coefficient (Wildman–Crippen LogP) is -13.2. The highest BCUT2D eigenvalue weighted by Gasteiger charge is 2.60. The summed E-state index contributed by atoms with van der Waals surface area (Å²) >= 11 is 0. The topological polar surface area (TPSA) is 543 Å². The number of aliphatic hydroxyl groups is 20. The van der Waals surface area contributed by atoms with E-state index in [0.717, 1.165) is 0 Å². The maximum absolute atomic E-state index is 12.0. The summed E-state index contributed by atoms with van der Waals surface area (Å²) in [5.74, 6) is 0. The van der Waals surface area contributed by atoms with Crippen molar-refractivity contribution in [1.29, 1.82) is 0 Å². The largest absolute Gasteiger partial charge is 0.394 e. The van der Waals surface area contributed by atoms with Crippen LogP contribution in [0.3, 0.4) is 0 Å². The minimum Gasteiger partial charge on any atom is -0.394 e. The molecule has 82 heavy (non-hydrogen) atoms. The zero-order valence-electron chi connectivity index (χ0n) is 43.6. The number of fused-ring (bicyclic) bond motifs is 7. The second-order valence-electron chi connectivity index (χ2n) is 20.9. The van der Waals surface area contributed by atoms with Gasteiger partial charge in [0, 0.05) is 6.61 Å². The molecule has 14 bridgehead atoms. The molecule has 15 aliphatic rings. The maximum Gasteiger partial charge on any atom is 0.187 e. The minimum absolute atomic E-state index is 0.145. The Labute approximate surface area is 465 Å². The van der Waals surface area contributed by atoms with E-state index in [0.29, 0.717) is 12.8 Å². The molecule has 15 saturated heterocycles. The van der Waals surface area contributed by atoms with Crippen LogP contribution in [0.5, 0.6) is 0 Å². The fraction of sp³-hybridized carbons (Fsp3) is 0.957. The minimum atomic E-state index is -2.20. The van der Waals surface area contributed by atoms with Crippen molar-refractivity contribution in [2.24, 2.45) is 0 Å². The van der Waals surface area contributed by atoms with Crippen molar-refractivity contribution in [3.8, 4) is 0 Å². The van der Waals surface area contributed by atoms with Gasteiger partial charge in [-0.2, -0.15) is 0 Å². The van der Waals surface area contributed by atoms with E-state index in [9.17, 15) is 102 Å². The van der Waals surface area contributed by atoms with Gasteiger partial charge in [-0.05, 0) is 12.8 Å². The predicted molar refractivity (Wildman–Crippen MR) is 252 cm³/mol. The number of hydrogen-bond acceptors (Lipinski definition) is 35. The molecular weight excluding hydrogens is 1120 g/mol. The molecule has 15 aliphatic heterocycles. The monoisotopic (exact) mass is 1200 g/mol. The van der Waals surface area contributed by atoms with Gasteiger partial charge in [0.05, 0.1) is 46.2 Å². The molecule has 35 atom stereocenters. The molecule has 0 aromatic carbocycles. The molecular formula is C47H78O35. The average molecular weight is 1200 g/mol. The fourth-order valence-electron chi connectivity index (χ4n) is 11.0. The van der Waals surface area contributed by atoms with Crippen molar-refractivity contribution in [1.82, 2.24) is 0 Å². The van der Waals surface area contributed by atoms with E-state index >= 15 is 0 Å². The Morgan fingerprint density at radius 1 is 0.268 bits per heavy atom. The molecule has 0 unspecified atom stereocenters. The molecule has 0 amide bonds. The summed E-state index contributed by atoms with van der Waals surface area (Å²) < 4.78 is 87.1. The smallest absolute Gasteiger partial charge is 0.187 e. The third kappa shape index (κ3) is 13.5. The highest BCUT2D eigenvalue weighted by molar-refractivity contribution is 5.02. The Bertz CT molecular complexity index is 1940. The van der Waals surface area contributed by atoms with Gasteiger partial charge in [-0.25, -0.2) is 0 Å². The highest BCUT2D eigenvalue weighted by Crippen LogP contribution is 2.39. The number of allylic oxidation sites excluding steroid dienone is 1. The van der Waals surface area contributed by atoms with Gasteiger partial charge in [0.1, 0.15) is 171 Å². The summed E-state index contributed by atoms with van der Waals surface area (Å²) in [6, 6.07) is 0. The maximum atomic E-state index is 12.0. The second-order valence-corrected chi connectivity index (χ2v) is 20.9. The standard InChI is InChI=1S/C47H78O35/c1-2-3-4-5-68-40-32(67)39-19(12-54)75-47(40)82-38-18(11-53)74-45(31(66)25(38)60)80-36-16(9-51)72-43(29(64)23(36)58)78-34-14(7-49)70-41(27(62)21(34)56)76-33-13(6-48)69-42(26(61)20(33)55)77-35-15(8-50)71-44(28(63)22(35)57)79-37-17(10-52)73-46(81-39)30(65)24(37)59/h2,13-67H,1,3-12H2/t13-,14-,15-,16-,17-,18-,19-,20-,21+,22-,23+,24-,25+,26-,27+,28-,29+,30-,31+,32+,33-,34-,35-,36-,37-,38-,39-,40-,41-,42-,43-,44-,45-,46-,47-/m1/s1. The molecule has 15 fully saturated rings. The summed E-state index contributed by atoms with van der Waals surface area (Å²) in [5.41, 5.74) is 0. The molecule has 476 valence electrons. The molecule has 0 aromatic rings. The number of ether oxygens (including phenoxy) is 15. The van der Waals surface area contributed by atoms with Crippen molar-refractivity contribution < 1.29 is 173 Å². The number of rotatable bonds is 12. The van der Waals surface area contributed by atoms with Crippen molar-refractivity contribution in [2.75, 3.05) is 52.9 Å². The molecule has 0 aliphatic carbocycles. The van der Waals surface area contributed by atoms with Crippen LogP contribution in [0.1, 0.15) is 12.8 Å². The van der Waals surface area contributed by atoms with Crippen LogP contribution in [0.25, 0.3) is 0 Å². The van der Waals surface area contributed by atoms with Gasteiger partial charge in [-0.1, -0.05) is 6.08 Å². The normalized spacial score (nSPS) is 52.7. The van der Waals surface area contributed by atoms with Crippen LogP contribution in [0, 0.1) is 0 Å². The molecule has 15 heterocycles. The van der Waals surface area contributed by atoms with Crippen LogP contribution in [-0.4, -0.2) is 370 Å². The van der Waals surface area contributed by atoms with Crippen molar-refractivity contribution in [3.63, 3.8) is 0 Å². The summed E-state index contributed by atoms with van der Waals surface area (Å²) in [4.78, 5) is 0. The van der Waals surface area contributed by atoms with E-state index in [1.807, 2.05) is 0 Å². The Morgan fingerprint density at radius 2 is 0.463 bits per heavy atom. The Hall–Kier alpha value is -1.66. The first-order valence-electron chi connectivity index (χ1n) is 26.7. The van der Waals surface area contributed by atoms with Crippen LogP contribution in [0.4, 0.5) is 0 Å². The second kappa shape index (κ2) is 29.1. The van der Waals surface area contributed by atoms with Gasteiger partial charge < -0.3 is 173 Å². The Balaban J connectivity index is 1.10. The molecule has 0 radical (unpaired) electrons. The first-order chi connectivity index (χ1) is 39.2. The van der Waals surface area contributed by atoms with E-state index < -0.39 is 261 Å². The zero-order chi connectivity index (χ0) is 59.6. The lowest BCUT2D eigenvalue weighted by atomic mass is 9.95. The lowest BCUT2D eigenvalue weighted by molar-refractivity contribution is -0.398. The number of hydrogen-bond donors (Lipinski definition) is 20. The Morgan fingerprint density at radius 3 is 0.671 bits per heavy atom. The summed E-state index contributed by atoms with van der Waals surface area (Å²) in [6.07, 6.45) is -66.4. The van der Waals surface area contributed by atoms with E-state index in [1.54, 1.807) is 6.08 Å². The first kappa shape index (κ1) is 66.3. The van der Waals surface area contributed by atoms with Crippen LogP contribution in [-0.2, 0) is 71.1 Å². The molecule has 0 aromatic heterocycles.